The highest BCUT2D eigenvalue weighted by atomic mass is 19.1. The Hall–Kier alpha value is -3.43. The van der Waals surface area contributed by atoms with Gasteiger partial charge in [-0.3, -0.25) is 24.1 Å². The van der Waals surface area contributed by atoms with Crippen LogP contribution in [-0.4, -0.2) is 45.2 Å². The van der Waals surface area contributed by atoms with E-state index < -0.39 is 40.3 Å². The smallest absolute Gasteiger partial charge is 0.278 e. The van der Waals surface area contributed by atoms with Crippen molar-refractivity contribution in [1.82, 2.24) is 14.9 Å². The first-order valence-corrected chi connectivity index (χ1v) is 10.5. The summed E-state index contributed by atoms with van der Waals surface area (Å²) in [6.45, 7) is 4.43. The molecule has 2 aliphatic rings. The highest BCUT2D eigenvalue weighted by molar-refractivity contribution is 5.99. The Bertz CT molecular complexity index is 1170. The van der Waals surface area contributed by atoms with Gasteiger partial charge in [0.05, 0.1) is 0 Å². The summed E-state index contributed by atoms with van der Waals surface area (Å²) in [5.74, 6) is -3.70. The molecule has 2 N–H and O–H groups in total. The molecule has 8 nitrogen and oxygen atoms in total. The largest absolute Gasteiger partial charge is 0.502 e. The van der Waals surface area contributed by atoms with Crippen LogP contribution in [0, 0.1) is 11.6 Å². The van der Waals surface area contributed by atoms with Crippen LogP contribution in [0.25, 0.3) is 0 Å². The van der Waals surface area contributed by atoms with Crippen LogP contribution in [0.4, 0.5) is 8.78 Å². The Morgan fingerprint density at radius 1 is 1.25 bits per heavy atom. The van der Waals surface area contributed by atoms with Crippen LogP contribution in [0.3, 0.4) is 0 Å². The molecule has 1 aromatic carbocycles. The van der Waals surface area contributed by atoms with Crippen molar-refractivity contribution in [2.45, 2.75) is 45.3 Å². The van der Waals surface area contributed by atoms with Gasteiger partial charge in [0.2, 0.25) is 5.43 Å². The number of rotatable bonds is 4. The average Bonchev–Trinajstić information content (AvgIpc) is 2.75. The number of nitrogens with zero attached hydrogens (tertiary/aromatic N) is 3. The predicted molar refractivity (Wildman–Crippen MR) is 112 cm³/mol. The zero-order valence-electron chi connectivity index (χ0n) is 17.8. The SMILES string of the molecule is CCN1C(=O)c2c(O)c(=O)c(C(=O)NCc3ccc(F)cc3F)cn2N2CCCC[C@@]12C. The van der Waals surface area contributed by atoms with E-state index in [-0.39, 0.29) is 23.4 Å². The number of benzene rings is 1. The molecule has 170 valence electrons. The number of carbonyl (C=O) groups is 2. The third-order valence-electron chi connectivity index (χ3n) is 6.30. The van der Waals surface area contributed by atoms with Crippen LogP contribution in [0.1, 0.15) is 59.5 Å². The van der Waals surface area contributed by atoms with Gasteiger partial charge >= 0.3 is 0 Å². The van der Waals surface area contributed by atoms with E-state index >= 15 is 0 Å². The highest BCUT2D eigenvalue weighted by Crippen LogP contribution is 2.36. The van der Waals surface area contributed by atoms with Crippen molar-refractivity contribution in [3.8, 4) is 5.75 Å². The molecule has 2 aliphatic heterocycles. The number of aromatic hydroxyl groups is 1. The van der Waals surface area contributed by atoms with E-state index in [2.05, 4.69) is 5.32 Å². The molecule has 1 saturated heterocycles. The number of piperidine rings is 1. The molecule has 3 heterocycles. The number of amides is 2. The number of fused-ring (bicyclic) bond motifs is 3. The molecule has 0 bridgehead atoms. The molecular formula is C22H24F2N4O4. The van der Waals surface area contributed by atoms with Crippen LogP contribution in [0.15, 0.2) is 29.2 Å². The number of carbonyl (C=O) groups excluding carboxylic acids is 2. The monoisotopic (exact) mass is 446 g/mol. The van der Waals surface area contributed by atoms with Crippen LogP contribution in [0.2, 0.25) is 0 Å². The van der Waals surface area contributed by atoms with Gasteiger partial charge in [0.25, 0.3) is 11.8 Å². The Labute approximate surface area is 183 Å². The summed E-state index contributed by atoms with van der Waals surface area (Å²) < 4.78 is 28.4. The molecule has 1 aromatic heterocycles. The summed E-state index contributed by atoms with van der Waals surface area (Å²) in [5, 5.41) is 14.9. The lowest BCUT2D eigenvalue weighted by molar-refractivity contribution is 0.0234. The van der Waals surface area contributed by atoms with E-state index in [0.29, 0.717) is 25.6 Å². The Balaban J connectivity index is 1.72. The van der Waals surface area contributed by atoms with Crippen molar-refractivity contribution in [2.75, 3.05) is 18.1 Å². The molecule has 0 unspecified atom stereocenters. The second kappa shape index (κ2) is 7.92. The molecule has 0 radical (unpaired) electrons. The third kappa shape index (κ3) is 3.30. The molecule has 4 rings (SSSR count). The molecule has 0 spiro atoms. The lowest BCUT2D eigenvalue weighted by atomic mass is 9.94. The fourth-order valence-corrected chi connectivity index (χ4v) is 4.61. The molecule has 2 amide bonds. The topological polar surface area (TPSA) is 94.9 Å². The quantitative estimate of drug-likeness (QED) is 0.750. The van der Waals surface area contributed by atoms with Crippen LogP contribution in [-0.2, 0) is 6.54 Å². The second-order valence-corrected chi connectivity index (χ2v) is 8.18. The van der Waals surface area contributed by atoms with E-state index in [0.717, 1.165) is 18.9 Å². The summed E-state index contributed by atoms with van der Waals surface area (Å²) in [7, 11) is 0. The number of halogens is 2. The van der Waals surface area contributed by atoms with Crippen molar-refractivity contribution in [3.63, 3.8) is 0 Å². The number of nitrogens with one attached hydrogen (secondary N) is 1. The lowest BCUT2D eigenvalue weighted by Gasteiger charge is -2.56. The third-order valence-corrected chi connectivity index (χ3v) is 6.30. The number of hydrogen-bond donors (Lipinski definition) is 2. The van der Waals surface area contributed by atoms with Gasteiger partial charge in [-0.2, -0.15) is 0 Å². The minimum atomic E-state index is -0.988. The maximum atomic E-state index is 13.9. The summed E-state index contributed by atoms with van der Waals surface area (Å²) >= 11 is 0. The molecule has 0 saturated carbocycles. The summed E-state index contributed by atoms with van der Waals surface area (Å²) in [4.78, 5) is 40.3. The maximum Gasteiger partial charge on any atom is 0.278 e. The molecule has 1 fully saturated rings. The Morgan fingerprint density at radius 3 is 2.69 bits per heavy atom. The van der Waals surface area contributed by atoms with Crippen LogP contribution < -0.4 is 15.8 Å². The summed E-state index contributed by atoms with van der Waals surface area (Å²) in [6, 6.07) is 2.95. The lowest BCUT2D eigenvalue weighted by Crippen LogP contribution is -2.70. The zero-order chi connectivity index (χ0) is 23.2. The molecule has 2 aromatic rings. The zero-order valence-corrected chi connectivity index (χ0v) is 17.8. The summed E-state index contributed by atoms with van der Waals surface area (Å²) in [6.07, 6.45) is 3.71. The Kier molecular flexibility index (Phi) is 5.39. The molecule has 0 aliphatic carbocycles. The molecule has 32 heavy (non-hydrogen) atoms. The van der Waals surface area contributed by atoms with Gasteiger partial charge in [-0.25, -0.2) is 8.78 Å². The summed E-state index contributed by atoms with van der Waals surface area (Å²) in [5.41, 5.74) is -2.17. The maximum absolute atomic E-state index is 13.9. The van der Waals surface area contributed by atoms with Gasteiger partial charge in [-0.15, -0.1) is 0 Å². The highest BCUT2D eigenvalue weighted by Gasteiger charge is 2.48. The van der Waals surface area contributed by atoms with Gasteiger partial charge in [0.1, 0.15) is 22.9 Å². The van der Waals surface area contributed by atoms with E-state index in [9.17, 15) is 28.3 Å². The van der Waals surface area contributed by atoms with Crippen molar-refractivity contribution < 1.29 is 23.5 Å². The van der Waals surface area contributed by atoms with Gasteiger partial charge in [0, 0.05) is 37.5 Å². The van der Waals surface area contributed by atoms with Gasteiger partial charge in [-0.1, -0.05) is 6.07 Å². The average molecular weight is 446 g/mol. The van der Waals surface area contributed by atoms with Crippen molar-refractivity contribution in [3.05, 3.63) is 63.1 Å². The fraction of sp³-hybridized carbons (Fsp3) is 0.409. The predicted octanol–water partition coefficient (Wildman–Crippen LogP) is 2.08. The number of pyridine rings is 1. The first-order valence-electron chi connectivity index (χ1n) is 10.5. The number of aromatic nitrogens is 1. The first kappa shape index (κ1) is 21.8. The second-order valence-electron chi connectivity index (χ2n) is 8.18. The minimum Gasteiger partial charge on any atom is -0.502 e. The van der Waals surface area contributed by atoms with Gasteiger partial charge in [0.15, 0.2) is 11.4 Å². The standard InChI is InChI=1S/C22H24F2N4O4/c1-3-26-21(32)17-19(30)18(29)15(12-27(17)28-9-5-4-8-22(26,28)2)20(31)25-11-13-6-7-14(23)10-16(13)24/h6-7,10,12,30H,3-5,8-9,11H2,1-2H3,(H,25,31)/t22-/m0/s1. The molecule has 1 atom stereocenters. The minimum absolute atomic E-state index is 0.0411. The van der Waals surface area contributed by atoms with E-state index in [1.807, 2.05) is 18.9 Å². The van der Waals surface area contributed by atoms with Crippen molar-refractivity contribution in [2.24, 2.45) is 0 Å². The van der Waals surface area contributed by atoms with E-state index in [1.165, 1.54) is 16.9 Å². The first-order chi connectivity index (χ1) is 15.2. The van der Waals surface area contributed by atoms with E-state index in [4.69, 9.17) is 0 Å². The molecule has 10 heteroatoms. The van der Waals surface area contributed by atoms with Crippen molar-refractivity contribution >= 4 is 11.8 Å². The Morgan fingerprint density at radius 2 is 2.00 bits per heavy atom. The molecular weight excluding hydrogens is 422 g/mol. The van der Waals surface area contributed by atoms with Gasteiger partial charge in [-0.05, 0) is 39.2 Å². The fourth-order valence-electron chi connectivity index (χ4n) is 4.61. The van der Waals surface area contributed by atoms with Crippen LogP contribution in [0.5, 0.6) is 5.75 Å². The normalized spacial score (nSPS) is 20.1. The number of hydrogen-bond acceptors (Lipinski definition) is 5. The van der Waals surface area contributed by atoms with Crippen molar-refractivity contribution in [1.29, 1.82) is 0 Å². The van der Waals surface area contributed by atoms with Gasteiger partial charge < -0.3 is 15.3 Å². The van der Waals surface area contributed by atoms with Crippen LogP contribution >= 0.6 is 0 Å². The van der Waals surface area contributed by atoms with E-state index in [1.54, 1.807) is 4.90 Å².